The van der Waals surface area contributed by atoms with Crippen LogP contribution in [0.2, 0.25) is 0 Å². The van der Waals surface area contributed by atoms with E-state index in [-0.39, 0.29) is 23.9 Å². The highest BCUT2D eigenvalue weighted by Gasteiger charge is 2.31. The maximum absolute atomic E-state index is 13.7. The zero-order valence-corrected chi connectivity index (χ0v) is 24.3. The lowest BCUT2D eigenvalue weighted by atomic mass is 9.87. The molecule has 2 amide bonds. The Morgan fingerprint density at radius 1 is 0.974 bits per heavy atom. The van der Waals surface area contributed by atoms with E-state index in [0.717, 1.165) is 47.4 Å². The van der Waals surface area contributed by atoms with Crippen molar-refractivity contribution in [3.05, 3.63) is 65.7 Å². The average molecular weight is 542 g/mol. The molecule has 0 saturated heterocycles. The van der Waals surface area contributed by atoms with Gasteiger partial charge in [-0.15, -0.1) is 0 Å². The maximum Gasteiger partial charge on any atom is 0.244 e. The molecule has 3 rings (SSSR count). The number of nitrogens with one attached hydrogen (secondary N) is 1. The van der Waals surface area contributed by atoms with Gasteiger partial charge in [-0.05, 0) is 54.9 Å². The number of rotatable bonds is 10. The van der Waals surface area contributed by atoms with Crippen molar-refractivity contribution in [1.82, 2.24) is 10.2 Å². The Kier molecular flexibility index (Phi) is 9.99. The van der Waals surface area contributed by atoms with Gasteiger partial charge in [0.1, 0.15) is 12.6 Å². The summed E-state index contributed by atoms with van der Waals surface area (Å²) in [6.45, 7) is 7.93. The fraction of sp³-hybridized carbons (Fsp3) is 0.533. The van der Waals surface area contributed by atoms with Crippen LogP contribution in [0.15, 0.2) is 54.6 Å². The molecule has 0 bridgehead atoms. The molecule has 8 heteroatoms. The largest absolute Gasteiger partial charge is 0.352 e. The van der Waals surface area contributed by atoms with Crippen LogP contribution in [0.1, 0.15) is 70.9 Å². The normalized spacial score (nSPS) is 15.5. The monoisotopic (exact) mass is 541 g/mol. The van der Waals surface area contributed by atoms with E-state index in [9.17, 15) is 18.0 Å². The number of carbonyl (C=O) groups is 2. The van der Waals surface area contributed by atoms with Gasteiger partial charge in [-0.1, -0.05) is 82.5 Å². The summed E-state index contributed by atoms with van der Waals surface area (Å²) in [5.74, 6) is -0.601. The van der Waals surface area contributed by atoms with Crippen molar-refractivity contribution in [2.75, 3.05) is 23.7 Å². The molecule has 0 heterocycles. The molecule has 0 radical (unpaired) electrons. The number of benzene rings is 2. The molecule has 1 fully saturated rings. The quantitative estimate of drug-likeness (QED) is 0.474. The van der Waals surface area contributed by atoms with Gasteiger partial charge in [0, 0.05) is 12.6 Å². The number of carbonyl (C=O) groups excluding carboxylic acids is 2. The van der Waals surface area contributed by atoms with E-state index >= 15 is 0 Å². The SMILES string of the molecule is CC(C(=O)NC1CCCCC1)N(CCc1ccccc1)C(=O)CN(c1ccc(C(C)(C)C)cc1)S(C)(=O)=O. The molecule has 1 atom stereocenters. The highest BCUT2D eigenvalue weighted by molar-refractivity contribution is 7.92. The van der Waals surface area contributed by atoms with Crippen LogP contribution in [-0.4, -0.2) is 56.6 Å². The van der Waals surface area contributed by atoms with Crippen LogP contribution >= 0.6 is 0 Å². The van der Waals surface area contributed by atoms with E-state index in [1.165, 1.54) is 11.3 Å². The number of amides is 2. The van der Waals surface area contributed by atoms with Gasteiger partial charge < -0.3 is 10.2 Å². The van der Waals surface area contributed by atoms with Crippen LogP contribution < -0.4 is 9.62 Å². The van der Waals surface area contributed by atoms with Gasteiger partial charge in [0.25, 0.3) is 0 Å². The van der Waals surface area contributed by atoms with Crippen molar-refractivity contribution in [2.24, 2.45) is 0 Å². The summed E-state index contributed by atoms with van der Waals surface area (Å²) in [7, 11) is -3.75. The van der Waals surface area contributed by atoms with Gasteiger partial charge in [-0.3, -0.25) is 13.9 Å². The van der Waals surface area contributed by atoms with Crippen LogP contribution in [0.5, 0.6) is 0 Å². The van der Waals surface area contributed by atoms with Gasteiger partial charge in [-0.2, -0.15) is 0 Å². The molecular formula is C30H43N3O4S. The molecule has 0 spiro atoms. The third-order valence-electron chi connectivity index (χ3n) is 7.30. The second-order valence-electron chi connectivity index (χ2n) is 11.4. The van der Waals surface area contributed by atoms with E-state index in [1.807, 2.05) is 42.5 Å². The summed E-state index contributed by atoms with van der Waals surface area (Å²) in [4.78, 5) is 28.4. The summed E-state index contributed by atoms with van der Waals surface area (Å²) in [6, 6.07) is 16.4. The number of sulfonamides is 1. The van der Waals surface area contributed by atoms with Crippen LogP contribution in [0.25, 0.3) is 0 Å². The summed E-state index contributed by atoms with van der Waals surface area (Å²) in [5, 5.41) is 3.12. The molecule has 1 N–H and O–H groups in total. The van der Waals surface area contributed by atoms with Crippen LogP contribution in [0, 0.1) is 0 Å². The molecule has 1 aliphatic carbocycles. The molecule has 208 valence electrons. The molecule has 0 aliphatic heterocycles. The fourth-order valence-electron chi connectivity index (χ4n) is 4.88. The number of nitrogens with zero attached hydrogens (tertiary/aromatic N) is 2. The minimum atomic E-state index is -3.75. The van der Waals surface area contributed by atoms with Gasteiger partial charge in [0.05, 0.1) is 11.9 Å². The standard InChI is InChI=1S/C30H43N3O4S/c1-23(29(35)31-26-14-10-7-11-15-26)32(21-20-24-12-8-6-9-13-24)28(34)22-33(38(5,36)37)27-18-16-25(17-19-27)30(2,3)4/h6,8-9,12-13,16-19,23,26H,7,10-11,14-15,20-22H2,1-5H3,(H,31,35). The first-order valence-electron chi connectivity index (χ1n) is 13.6. The summed E-state index contributed by atoms with van der Waals surface area (Å²) in [5.41, 5.74) is 2.46. The van der Waals surface area contributed by atoms with Gasteiger partial charge in [0.2, 0.25) is 21.8 Å². The Morgan fingerprint density at radius 3 is 2.13 bits per heavy atom. The Balaban J connectivity index is 1.82. The van der Waals surface area contributed by atoms with E-state index in [0.29, 0.717) is 18.7 Å². The maximum atomic E-state index is 13.7. The van der Waals surface area contributed by atoms with Crippen LogP contribution in [0.3, 0.4) is 0 Å². The van der Waals surface area contributed by atoms with Gasteiger partial charge in [0.15, 0.2) is 0 Å². The molecule has 38 heavy (non-hydrogen) atoms. The van der Waals surface area contributed by atoms with Gasteiger partial charge in [-0.25, -0.2) is 8.42 Å². The lowest BCUT2D eigenvalue weighted by Crippen LogP contribution is -2.53. The van der Waals surface area contributed by atoms with E-state index in [1.54, 1.807) is 19.1 Å². The molecule has 1 unspecified atom stereocenters. The van der Waals surface area contributed by atoms with Crippen molar-refractivity contribution >= 4 is 27.5 Å². The van der Waals surface area contributed by atoms with Crippen molar-refractivity contribution < 1.29 is 18.0 Å². The van der Waals surface area contributed by atoms with E-state index < -0.39 is 22.0 Å². The first-order valence-corrected chi connectivity index (χ1v) is 15.4. The summed E-state index contributed by atoms with van der Waals surface area (Å²) in [6.07, 6.45) is 6.92. The van der Waals surface area contributed by atoms with Crippen molar-refractivity contribution in [3.63, 3.8) is 0 Å². The van der Waals surface area contributed by atoms with E-state index in [4.69, 9.17) is 0 Å². The fourth-order valence-corrected chi connectivity index (χ4v) is 5.73. The lowest BCUT2D eigenvalue weighted by molar-refractivity contribution is -0.139. The number of anilines is 1. The molecule has 1 saturated carbocycles. The zero-order chi connectivity index (χ0) is 27.9. The predicted octanol–water partition coefficient (Wildman–Crippen LogP) is 4.66. The third-order valence-corrected chi connectivity index (χ3v) is 8.44. The predicted molar refractivity (Wildman–Crippen MR) is 154 cm³/mol. The van der Waals surface area contributed by atoms with Crippen LogP contribution in [-0.2, 0) is 31.4 Å². The van der Waals surface area contributed by atoms with Gasteiger partial charge >= 0.3 is 0 Å². The molecular weight excluding hydrogens is 498 g/mol. The van der Waals surface area contributed by atoms with Crippen molar-refractivity contribution in [1.29, 1.82) is 0 Å². The topological polar surface area (TPSA) is 86.8 Å². The Morgan fingerprint density at radius 2 is 1.58 bits per heavy atom. The molecule has 1 aliphatic rings. The van der Waals surface area contributed by atoms with E-state index in [2.05, 4.69) is 26.1 Å². The van der Waals surface area contributed by atoms with Crippen molar-refractivity contribution in [2.45, 2.75) is 83.7 Å². The first-order chi connectivity index (χ1) is 17.9. The first kappa shape index (κ1) is 29.7. The zero-order valence-electron chi connectivity index (χ0n) is 23.4. The second-order valence-corrected chi connectivity index (χ2v) is 13.3. The number of hydrogen-bond acceptors (Lipinski definition) is 4. The molecule has 7 nitrogen and oxygen atoms in total. The molecule has 2 aromatic carbocycles. The summed E-state index contributed by atoms with van der Waals surface area (Å²) < 4.78 is 26.7. The average Bonchev–Trinajstić information content (AvgIpc) is 2.87. The second kappa shape index (κ2) is 12.8. The Bertz CT molecular complexity index is 1170. The molecule has 2 aromatic rings. The smallest absolute Gasteiger partial charge is 0.244 e. The molecule has 0 aromatic heterocycles. The highest BCUT2D eigenvalue weighted by Crippen LogP contribution is 2.26. The minimum absolute atomic E-state index is 0.0837. The highest BCUT2D eigenvalue weighted by atomic mass is 32.2. The Hall–Kier alpha value is -2.87. The lowest BCUT2D eigenvalue weighted by Gasteiger charge is -2.33. The van der Waals surface area contributed by atoms with Crippen molar-refractivity contribution in [3.8, 4) is 0 Å². The minimum Gasteiger partial charge on any atom is -0.352 e. The van der Waals surface area contributed by atoms with Crippen LogP contribution in [0.4, 0.5) is 5.69 Å². The number of hydrogen-bond donors (Lipinski definition) is 1. The Labute approximate surface area is 228 Å². The summed E-state index contributed by atoms with van der Waals surface area (Å²) >= 11 is 0. The third kappa shape index (κ3) is 8.32.